The molecule has 0 radical (unpaired) electrons. The van der Waals surface area contributed by atoms with E-state index in [0.717, 1.165) is 19.4 Å². The molecule has 0 aliphatic rings. The number of nitro benzene ring substituents is 1. The van der Waals surface area contributed by atoms with Gasteiger partial charge in [0.25, 0.3) is 5.69 Å². The van der Waals surface area contributed by atoms with E-state index in [1.54, 1.807) is 18.2 Å². The third kappa shape index (κ3) is 3.42. The Morgan fingerprint density at radius 2 is 2.20 bits per heavy atom. The highest BCUT2D eigenvalue weighted by molar-refractivity contribution is 5.60. The first-order chi connectivity index (χ1) is 7.25. The Balaban J connectivity index is 2.59. The van der Waals surface area contributed by atoms with E-state index in [4.69, 9.17) is 0 Å². The minimum Gasteiger partial charge on any atom is -0.379 e. The summed E-state index contributed by atoms with van der Waals surface area (Å²) < 4.78 is 0. The summed E-state index contributed by atoms with van der Waals surface area (Å²) in [5, 5.41) is 13.7. The van der Waals surface area contributed by atoms with Crippen molar-refractivity contribution in [2.45, 2.75) is 12.8 Å². The molecule has 0 atom stereocenters. The lowest BCUT2D eigenvalue weighted by Crippen LogP contribution is -2.03. The van der Waals surface area contributed by atoms with Gasteiger partial charge in [0, 0.05) is 12.6 Å². The largest absolute Gasteiger partial charge is 0.379 e. The van der Waals surface area contributed by atoms with Crippen molar-refractivity contribution in [3.8, 4) is 0 Å². The van der Waals surface area contributed by atoms with Crippen molar-refractivity contribution in [3.05, 3.63) is 47.0 Å². The molecule has 1 rings (SSSR count). The van der Waals surface area contributed by atoms with Crippen LogP contribution in [0.1, 0.15) is 12.8 Å². The van der Waals surface area contributed by atoms with Gasteiger partial charge in [0.2, 0.25) is 0 Å². The number of hydrogen-bond donors (Lipinski definition) is 1. The quantitative estimate of drug-likeness (QED) is 0.337. The number of para-hydroxylation sites is 2. The summed E-state index contributed by atoms with van der Waals surface area (Å²) in [7, 11) is 0. The molecule has 0 bridgehead atoms. The molecule has 15 heavy (non-hydrogen) atoms. The zero-order valence-electron chi connectivity index (χ0n) is 8.48. The topological polar surface area (TPSA) is 55.2 Å². The molecule has 0 unspecified atom stereocenters. The van der Waals surface area contributed by atoms with Crippen molar-refractivity contribution in [1.82, 2.24) is 0 Å². The van der Waals surface area contributed by atoms with Crippen molar-refractivity contribution in [3.63, 3.8) is 0 Å². The van der Waals surface area contributed by atoms with Gasteiger partial charge >= 0.3 is 0 Å². The molecule has 0 fully saturated rings. The fourth-order valence-corrected chi connectivity index (χ4v) is 1.25. The van der Waals surface area contributed by atoms with E-state index >= 15 is 0 Å². The summed E-state index contributed by atoms with van der Waals surface area (Å²) in [6, 6.07) is 6.65. The average molecular weight is 206 g/mol. The minimum atomic E-state index is -0.379. The number of rotatable bonds is 6. The Kier molecular flexibility index (Phi) is 4.34. The van der Waals surface area contributed by atoms with Gasteiger partial charge in [-0.05, 0) is 18.9 Å². The number of unbranched alkanes of at least 4 members (excludes halogenated alkanes) is 1. The molecule has 4 nitrogen and oxygen atoms in total. The highest BCUT2D eigenvalue weighted by atomic mass is 16.6. The van der Waals surface area contributed by atoms with E-state index in [0.29, 0.717) is 5.69 Å². The van der Waals surface area contributed by atoms with E-state index in [1.165, 1.54) is 6.07 Å². The summed E-state index contributed by atoms with van der Waals surface area (Å²) in [4.78, 5) is 10.3. The molecule has 4 heteroatoms. The summed E-state index contributed by atoms with van der Waals surface area (Å²) >= 11 is 0. The van der Waals surface area contributed by atoms with Crippen LogP contribution in [0.25, 0.3) is 0 Å². The predicted molar refractivity (Wildman–Crippen MR) is 61.0 cm³/mol. The van der Waals surface area contributed by atoms with Crippen molar-refractivity contribution >= 4 is 11.4 Å². The molecule has 1 aromatic rings. The average Bonchev–Trinajstić information content (AvgIpc) is 2.25. The molecule has 0 aliphatic carbocycles. The first-order valence-corrected chi connectivity index (χ1v) is 4.84. The molecule has 0 saturated heterocycles. The normalized spacial score (nSPS) is 9.60. The Hall–Kier alpha value is -1.84. The van der Waals surface area contributed by atoms with Gasteiger partial charge in [0.1, 0.15) is 5.69 Å². The van der Waals surface area contributed by atoms with Crippen molar-refractivity contribution < 1.29 is 4.92 Å². The highest BCUT2D eigenvalue weighted by Gasteiger charge is 2.10. The number of benzene rings is 1. The van der Waals surface area contributed by atoms with Gasteiger partial charge in [0.05, 0.1) is 4.92 Å². The maximum atomic E-state index is 10.7. The molecular weight excluding hydrogens is 192 g/mol. The van der Waals surface area contributed by atoms with E-state index in [2.05, 4.69) is 11.9 Å². The van der Waals surface area contributed by atoms with Crippen LogP contribution < -0.4 is 5.32 Å². The standard InChI is InChI=1S/C11H14N2O2/c1-2-3-6-9-12-10-7-4-5-8-11(10)13(14)15/h2,4-5,7-8,12H,1,3,6,9H2. The van der Waals surface area contributed by atoms with Gasteiger partial charge in [0.15, 0.2) is 0 Å². The Morgan fingerprint density at radius 3 is 2.87 bits per heavy atom. The van der Waals surface area contributed by atoms with E-state index < -0.39 is 0 Å². The number of hydrogen-bond acceptors (Lipinski definition) is 3. The second-order valence-corrected chi connectivity index (χ2v) is 3.13. The van der Waals surface area contributed by atoms with Crippen LogP contribution in [0.4, 0.5) is 11.4 Å². The second-order valence-electron chi connectivity index (χ2n) is 3.13. The van der Waals surface area contributed by atoms with E-state index in [1.807, 2.05) is 6.08 Å². The number of nitro groups is 1. The second kappa shape index (κ2) is 5.80. The van der Waals surface area contributed by atoms with Gasteiger partial charge in [-0.2, -0.15) is 0 Å². The minimum absolute atomic E-state index is 0.121. The maximum absolute atomic E-state index is 10.7. The fourth-order valence-electron chi connectivity index (χ4n) is 1.25. The predicted octanol–water partition coefficient (Wildman–Crippen LogP) is 2.97. The smallest absolute Gasteiger partial charge is 0.292 e. The molecular formula is C11H14N2O2. The molecule has 80 valence electrons. The third-order valence-electron chi connectivity index (χ3n) is 2.00. The van der Waals surface area contributed by atoms with Crippen LogP contribution in [-0.4, -0.2) is 11.5 Å². The van der Waals surface area contributed by atoms with Gasteiger partial charge in [-0.15, -0.1) is 6.58 Å². The van der Waals surface area contributed by atoms with Crippen LogP contribution in [0.2, 0.25) is 0 Å². The van der Waals surface area contributed by atoms with Crippen molar-refractivity contribution in [2.75, 3.05) is 11.9 Å². The van der Waals surface area contributed by atoms with Gasteiger partial charge < -0.3 is 5.32 Å². The molecule has 0 saturated carbocycles. The summed E-state index contributed by atoms with van der Waals surface area (Å²) in [5.41, 5.74) is 0.697. The maximum Gasteiger partial charge on any atom is 0.292 e. The molecule has 0 amide bonds. The summed E-state index contributed by atoms with van der Waals surface area (Å²) in [6.07, 6.45) is 3.67. The summed E-state index contributed by atoms with van der Waals surface area (Å²) in [5.74, 6) is 0. The Labute approximate surface area is 88.8 Å². The van der Waals surface area contributed by atoms with Crippen LogP contribution in [0.15, 0.2) is 36.9 Å². The first-order valence-electron chi connectivity index (χ1n) is 4.84. The molecule has 0 heterocycles. The van der Waals surface area contributed by atoms with Gasteiger partial charge in [-0.1, -0.05) is 18.2 Å². The molecule has 1 aromatic carbocycles. The number of anilines is 1. The van der Waals surface area contributed by atoms with Gasteiger partial charge in [-0.25, -0.2) is 0 Å². The number of nitrogens with zero attached hydrogens (tertiary/aromatic N) is 1. The monoisotopic (exact) mass is 206 g/mol. The SMILES string of the molecule is C=CCCCNc1ccccc1[N+](=O)[O-]. The molecule has 0 aliphatic heterocycles. The summed E-state index contributed by atoms with van der Waals surface area (Å²) in [6.45, 7) is 4.33. The molecule has 0 spiro atoms. The first kappa shape index (κ1) is 11.2. The Bertz CT molecular complexity index is 350. The fraction of sp³-hybridized carbons (Fsp3) is 0.273. The Morgan fingerprint density at radius 1 is 1.47 bits per heavy atom. The van der Waals surface area contributed by atoms with Crippen LogP contribution in [0.3, 0.4) is 0 Å². The molecule has 0 aromatic heterocycles. The van der Waals surface area contributed by atoms with Gasteiger partial charge in [-0.3, -0.25) is 10.1 Å². The van der Waals surface area contributed by atoms with Crippen LogP contribution in [0.5, 0.6) is 0 Å². The number of allylic oxidation sites excluding steroid dienone is 1. The number of nitrogens with one attached hydrogen (secondary N) is 1. The van der Waals surface area contributed by atoms with Crippen molar-refractivity contribution in [2.24, 2.45) is 0 Å². The highest BCUT2D eigenvalue weighted by Crippen LogP contribution is 2.22. The zero-order chi connectivity index (χ0) is 11.1. The van der Waals surface area contributed by atoms with E-state index in [9.17, 15) is 10.1 Å². The zero-order valence-corrected chi connectivity index (χ0v) is 8.48. The van der Waals surface area contributed by atoms with Crippen LogP contribution in [0, 0.1) is 10.1 Å². The third-order valence-corrected chi connectivity index (χ3v) is 2.00. The van der Waals surface area contributed by atoms with E-state index in [-0.39, 0.29) is 10.6 Å². The lowest BCUT2D eigenvalue weighted by molar-refractivity contribution is -0.384. The lowest BCUT2D eigenvalue weighted by Gasteiger charge is -2.05. The van der Waals surface area contributed by atoms with Crippen molar-refractivity contribution in [1.29, 1.82) is 0 Å². The lowest BCUT2D eigenvalue weighted by atomic mass is 10.2. The molecule has 1 N–H and O–H groups in total. The van der Waals surface area contributed by atoms with Crippen LogP contribution >= 0.6 is 0 Å². The van der Waals surface area contributed by atoms with Crippen LogP contribution in [-0.2, 0) is 0 Å².